The van der Waals surface area contributed by atoms with Crippen LogP contribution in [0, 0.1) is 0 Å². The average molecular weight is 519 g/mol. The lowest BCUT2D eigenvalue weighted by molar-refractivity contribution is -0.669. The predicted molar refractivity (Wildman–Crippen MR) is 144 cm³/mol. The number of benzene rings is 3. The SMILES string of the molecule is CC[n+]1c(C=Cc2ccc(O[C@@H]3O[C@H](CO)[C@H](O)[C@H](O)[C@H]3O)c3ccccc23)ccc2cc(OC)ccc21. The molecule has 0 unspecified atom stereocenters. The Hall–Kier alpha value is -3.53. The summed E-state index contributed by atoms with van der Waals surface area (Å²) in [4.78, 5) is 0. The molecule has 0 aliphatic carbocycles. The summed E-state index contributed by atoms with van der Waals surface area (Å²) in [6, 6.07) is 21.6. The van der Waals surface area contributed by atoms with Gasteiger partial charge >= 0.3 is 0 Å². The summed E-state index contributed by atoms with van der Waals surface area (Å²) in [6.07, 6.45) is -2.60. The number of aryl methyl sites for hydroxylation is 1. The maximum atomic E-state index is 10.4. The van der Waals surface area contributed by atoms with E-state index in [0.717, 1.165) is 45.2 Å². The van der Waals surface area contributed by atoms with Crippen molar-refractivity contribution in [3.05, 3.63) is 78.0 Å². The molecule has 0 spiro atoms. The number of hydrogen-bond acceptors (Lipinski definition) is 7. The second-order valence-electron chi connectivity index (χ2n) is 9.27. The number of ether oxygens (including phenoxy) is 3. The Kier molecular flexibility index (Phi) is 7.60. The second-order valence-corrected chi connectivity index (χ2v) is 9.27. The van der Waals surface area contributed by atoms with E-state index in [1.54, 1.807) is 13.2 Å². The Morgan fingerprint density at radius 1 is 0.895 bits per heavy atom. The van der Waals surface area contributed by atoms with Gasteiger partial charge in [-0.15, -0.1) is 0 Å². The number of rotatable bonds is 7. The van der Waals surface area contributed by atoms with Gasteiger partial charge in [0.05, 0.1) is 19.1 Å². The van der Waals surface area contributed by atoms with Gasteiger partial charge in [0.25, 0.3) is 0 Å². The first-order valence-electron chi connectivity index (χ1n) is 12.6. The highest BCUT2D eigenvalue weighted by molar-refractivity contribution is 5.96. The summed E-state index contributed by atoms with van der Waals surface area (Å²) < 4.78 is 19.1. The van der Waals surface area contributed by atoms with Crippen molar-refractivity contribution in [1.29, 1.82) is 0 Å². The lowest BCUT2D eigenvalue weighted by Crippen LogP contribution is -2.60. The Balaban J connectivity index is 1.47. The zero-order valence-electron chi connectivity index (χ0n) is 21.3. The number of methoxy groups -OCH3 is 1. The molecule has 1 aromatic heterocycles. The Bertz CT molecular complexity index is 1470. The van der Waals surface area contributed by atoms with Gasteiger partial charge in [-0.3, -0.25) is 0 Å². The monoisotopic (exact) mass is 518 g/mol. The molecular formula is C30H32NO7+. The Morgan fingerprint density at radius 3 is 2.42 bits per heavy atom. The molecule has 5 rings (SSSR count). The summed E-state index contributed by atoms with van der Waals surface area (Å²) in [6.45, 7) is 2.40. The van der Waals surface area contributed by atoms with Crippen molar-refractivity contribution in [2.45, 2.75) is 44.2 Å². The van der Waals surface area contributed by atoms with E-state index < -0.39 is 37.3 Å². The highest BCUT2D eigenvalue weighted by atomic mass is 16.7. The number of aromatic nitrogens is 1. The van der Waals surface area contributed by atoms with Gasteiger partial charge in [-0.05, 0) is 48.2 Å². The van der Waals surface area contributed by atoms with E-state index in [4.69, 9.17) is 14.2 Å². The molecule has 1 aliphatic rings. The zero-order chi connectivity index (χ0) is 26.8. The summed E-state index contributed by atoms with van der Waals surface area (Å²) >= 11 is 0. The minimum atomic E-state index is -1.51. The highest BCUT2D eigenvalue weighted by Crippen LogP contribution is 2.32. The van der Waals surface area contributed by atoms with Crippen molar-refractivity contribution >= 4 is 33.8 Å². The molecule has 1 fully saturated rings. The van der Waals surface area contributed by atoms with Crippen LogP contribution in [0.5, 0.6) is 11.5 Å². The third-order valence-electron chi connectivity index (χ3n) is 7.03. The van der Waals surface area contributed by atoms with Crippen molar-refractivity contribution in [2.75, 3.05) is 13.7 Å². The van der Waals surface area contributed by atoms with Gasteiger partial charge in [0.15, 0.2) is 0 Å². The zero-order valence-corrected chi connectivity index (χ0v) is 21.3. The minimum absolute atomic E-state index is 0.449. The molecule has 1 aliphatic heterocycles. The standard InChI is InChI=1S/C30H32NO7/c1-3-31-20(12-9-19-16-21(36-2)13-14-24(19)31)11-8-18-10-15-25(23-7-5-4-6-22(18)23)37-30-29(35)28(34)27(33)26(17-32)38-30/h4-16,26-30,32-35H,3,17H2,1-2H3/q+1/t26-,27+,28+,29-,30-/m1/s1. The van der Waals surface area contributed by atoms with Crippen LogP contribution in [0.15, 0.2) is 66.7 Å². The van der Waals surface area contributed by atoms with Crippen LogP contribution >= 0.6 is 0 Å². The number of pyridine rings is 1. The number of aliphatic hydroxyl groups excluding tert-OH is 4. The molecule has 0 bridgehead atoms. The van der Waals surface area contributed by atoms with Gasteiger partial charge in [0, 0.05) is 23.6 Å². The topological polar surface area (TPSA) is 112 Å². The fraction of sp³-hybridized carbons (Fsp3) is 0.300. The van der Waals surface area contributed by atoms with Crippen LogP contribution in [-0.4, -0.2) is 64.8 Å². The average Bonchev–Trinajstić information content (AvgIpc) is 2.96. The van der Waals surface area contributed by atoms with E-state index in [-0.39, 0.29) is 0 Å². The van der Waals surface area contributed by atoms with Gasteiger partial charge < -0.3 is 34.6 Å². The van der Waals surface area contributed by atoms with Gasteiger partial charge in [0.1, 0.15) is 42.5 Å². The summed E-state index contributed by atoms with van der Waals surface area (Å²) in [7, 11) is 1.66. The lowest BCUT2D eigenvalue weighted by atomic mass is 9.99. The van der Waals surface area contributed by atoms with E-state index in [0.29, 0.717) is 5.75 Å². The maximum absolute atomic E-state index is 10.4. The third-order valence-corrected chi connectivity index (χ3v) is 7.03. The predicted octanol–water partition coefficient (Wildman–Crippen LogP) is 2.66. The second kappa shape index (κ2) is 11.1. The Labute approximate surface area is 220 Å². The molecule has 8 nitrogen and oxygen atoms in total. The van der Waals surface area contributed by atoms with Crippen LogP contribution in [0.1, 0.15) is 18.2 Å². The summed E-state index contributed by atoms with van der Waals surface area (Å²) in [5, 5.41) is 42.9. The van der Waals surface area contributed by atoms with Gasteiger partial charge in [0.2, 0.25) is 17.5 Å². The molecule has 0 radical (unpaired) electrons. The number of fused-ring (bicyclic) bond motifs is 2. The molecule has 1 saturated heterocycles. The van der Waals surface area contributed by atoms with Crippen LogP contribution in [0.2, 0.25) is 0 Å². The molecule has 38 heavy (non-hydrogen) atoms. The maximum Gasteiger partial charge on any atom is 0.229 e. The largest absolute Gasteiger partial charge is 0.497 e. The van der Waals surface area contributed by atoms with Gasteiger partial charge in [-0.1, -0.05) is 30.3 Å². The van der Waals surface area contributed by atoms with E-state index >= 15 is 0 Å². The van der Waals surface area contributed by atoms with Crippen molar-refractivity contribution in [2.24, 2.45) is 0 Å². The number of hydrogen-bond donors (Lipinski definition) is 4. The molecule has 4 aromatic rings. The fourth-order valence-corrected chi connectivity index (χ4v) is 4.95. The lowest BCUT2D eigenvalue weighted by Gasteiger charge is -2.39. The number of aliphatic hydroxyl groups is 4. The quantitative estimate of drug-likeness (QED) is 0.278. The first-order chi connectivity index (χ1) is 18.4. The van der Waals surface area contributed by atoms with Crippen molar-refractivity contribution < 1.29 is 39.2 Å². The van der Waals surface area contributed by atoms with E-state index in [2.05, 4.69) is 41.8 Å². The third kappa shape index (κ3) is 4.84. The normalized spacial score (nSPS) is 23.8. The van der Waals surface area contributed by atoms with Gasteiger partial charge in [-0.2, -0.15) is 4.57 Å². The van der Waals surface area contributed by atoms with Gasteiger partial charge in [-0.25, -0.2) is 0 Å². The van der Waals surface area contributed by atoms with Crippen LogP contribution in [0.25, 0.3) is 33.8 Å². The minimum Gasteiger partial charge on any atom is -0.497 e. The first kappa shape index (κ1) is 26.1. The van der Waals surface area contributed by atoms with Crippen molar-refractivity contribution in [3.63, 3.8) is 0 Å². The van der Waals surface area contributed by atoms with E-state index in [1.165, 1.54) is 0 Å². The highest BCUT2D eigenvalue weighted by Gasteiger charge is 2.44. The van der Waals surface area contributed by atoms with E-state index in [1.807, 2.05) is 42.5 Å². The number of nitrogens with zero attached hydrogens (tertiary/aromatic N) is 1. The van der Waals surface area contributed by atoms with Crippen molar-refractivity contribution in [1.82, 2.24) is 0 Å². The molecule has 198 valence electrons. The molecule has 0 saturated carbocycles. The molecule has 0 amide bonds. The molecule has 8 heteroatoms. The van der Waals surface area contributed by atoms with E-state index in [9.17, 15) is 20.4 Å². The first-order valence-corrected chi connectivity index (χ1v) is 12.6. The molecule has 5 atom stereocenters. The molecule has 3 aromatic carbocycles. The van der Waals surface area contributed by atoms with Crippen molar-refractivity contribution in [3.8, 4) is 11.5 Å². The molecule has 4 N–H and O–H groups in total. The van der Waals surface area contributed by atoms with Crippen LogP contribution in [0.3, 0.4) is 0 Å². The fourth-order valence-electron chi connectivity index (χ4n) is 4.95. The summed E-state index contributed by atoms with van der Waals surface area (Å²) in [5.41, 5.74) is 3.14. The van der Waals surface area contributed by atoms with Crippen LogP contribution in [-0.2, 0) is 11.3 Å². The summed E-state index contributed by atoms with van der Waals surface area (Å²) in [5.74, 6) is 1.27. The molecular weight excluding hydrogens is 486 g/mol. The Morgan fingerprint density at radius 2 is 1.68 bits per heavy atom. The smallest absolute Gasteiger partial charge is 0.229 e. The molecule has 2 heterocycles. The van der Waals surface area contributed by atoms with Crippen LogP contribution in [0.4, 0.5) is 0 Å². The van der Waals surface area contributed by atoms with Crippen LogP contribution < -0.4 is 14.0 Å².